The topological polar surface area (TPSA) is 109 Å². The second-order valence-corrected chi connectivity index (χ2v) is 8.16. The Kier molecular flexibility index (Phi) is 3.64. The van der Waals surface area contributed by atoms with Gasteiger partial charge in [-0.2, -0.15) is 13.5 Å². The van der Waals surface area contributed by atoms with E-state index in [4.69, 9.17) is 0 Å². The number of hydrogen-bond acceptors (Lipinski definition) is 6. The van der Waals surface area contributed by atoms with Gasteiger partial charge in [-0.15, -0.1) is 11.3 Å². The molecule has 4 rings (SSSR count). The van der Waals surface area contributed by atoms with Crippen LogP contribution in [-0.2, 0) is 10.1 Å². The standard InChI is InChI=1S/C16H12N4O3S2/c1-9-12(7-19-20-9)10-2-3-13-11(6-10)16(18-8-17-13)14-4-5-15(24-14)25(21,22)23/h2-8H,1H3,(H,19,20)(H,21,22,23). The summed E-state index contributed by atoms with van der Waals surface area (Å²) in [6.45, 7) is 1.91. The highest BCUT2D eigenvalue weighted by Gasteiger charge is 2.16. The number of nitrogens with one attached hydrogen (secondary N) is 1. The van der Waals surface area contributed by atoms with E-state index in [1.165, 1.54) is 12.4 Å². The SMILES string of the molecule is Cc1n[nH]cc1-c1ccc2ncnc(-c3ccc(S(=O)(=O)O)s3)c2c1. The van der Waals surface area contributed by atoms with Crippen molar-refractivity contribution in [3.8, 4) is 21.7 Å². The van der Waals surface area contributed by atoms with Crippen molar-refractivity contribution in [2.75, 3.05) is 0 Å². The highest BCUT2D eigenvalue weighted by Crippen LogP contribution is 2.35. The van der Waals surface area contributed by atoms with Crippen molar-refractivity contribution in [3.63, 3.8) is 0 Å². The number of H-pyrrole nitrogens is 1. The molecule has 0 atom stereocenters. The van der Waals surface area contributed by atoms with Gasteiger partial charge in [-0.25, -0.2) is 9.97 Å². The van der Waals surface area contributed by atoms with Gasteiger partial charge in [0.1, 0.15) is 10.5 Å². The molecule has 7 nitrogen and oxygen atoms in total. The number of benzene rings is 1. The van der Waals surface area contributed by atoms with E-state index < -0.39 is 10.1 Å². The third-order valence-electron chi connectivity index (χ3n) is 3.85. The summed E-state index contributed by atoms with van der Waals surface area (Å²) in [4.78, 5) is 9.23. The second-order valence-electron chi connectivity index (χ2n) is 5.43. The maximum Gasteiger partial charge on any atom is 0.304 e. The summed E-state index contributed by atoms with van der Waals surface area (Å²) in [7, 11) is -4.23. The fourth-order valence-corrected chi connectivity index (χ4v) is 4.34. The van der Waals surface area contributed by atoms with Crippen LogP contribution in [0.25, 0.3) is 32.6 Å². The number of rotatable bonds is 3. The lowest BCUT2D eigenvalue weighted by Gasteiger charge is -2.06. The zero-order valence-corrected chi connectivity index (χ0v) is 14.6. The molecule has 126 valence electrons. The van der Waals surface area contributed by atoms with Crippen LogP contribution in [-0.4, -0.2) is 33.1 Å². The molecular formula is C16H12N4O3S2. The molecule has 1 aromatic carbocycles. The zero-order valence-electron chi connectivity index (χ0n) is 13.0. The Morgan fingerprint density at radius 1 is 1.16 bits per heavy atom. The second kappa shape index (κ2) is 5.73. The summed E-state index contributed by atoms with van der Waals surface area (Å²) in [5.74, 6) is 0. The monoisotopic (exact) mass is 372 g/mol. The van der Waals surface area contributed by atoms with Gasteiger partial charge in [0.2, 0.25) is 0 Å². The molecule has 0 amide bonds. The largest absolute Gasteiger partial charge is 0.304 e. The van der Waals surface area contributed by atoms with Crippen molar-refractivity contribution in [1.29, 1.82) is 0 Å². The summed E-state index contributed by atoms with van der Waals surface area (Å²) in [6.07, 6.45) is 3.26. The van der Waals surface area contributed by atoms with Gasteiger partial charge in [-0.05, 0) is 36.8 Å². The first kappa shape index (κ1) is 15.9. The van der Waals surface area contributed by atoms with Gasteiger partial charge in [0.15, 0.2) is 0 Å². The van der Waals surface area contributed by atoms with Crippen LogP contribution in [0.3, 0.4) is 0 Å². The van der Waals surface area contributed by atoms with Crippen LogP contribution >= 0.6 is 11.3 Å². The predicted octanol–water partition coefficient (Wildman–Crippen LogP) is 3.30. The minimum Gasteiger partial charge on any atom is -0.285 e. The van der Waals surface area contributed by atoms with E-state index in [-0.39, 0.29) is 4.21 Å². The highest BCUT2D eigenvalue weighted by atomic mass is 32.3. The lowest BCUT2D eigenvalue weighted by molar-refractivity contribution is 0.485. The highest BCUT2D eigenvalue weighted by molar-refractivity contribution is 7.88. The normalized spacial score (nSPS) is 11.9. The van der Waals surface area contributed by atoms with Crippen LogP contribution in [0.2, 0.25) is 0 Å². The predicted molar refractivity (Wildman–Crippen MR) is 95.0 cm³/mol. The van der Waals surface area contributed by atoms with E-state index in [1.807, 2.05) is 31.3 Å². The fourth-order valence-electron chi connectivity index (χ4n) is 2.66. The van der Waals surface area contributed by atoms with E-state index in [0.717, 1.165) is 39.1 Å². The van der Waals surface area contributed by atoms with Gasteiger partial charge in [0.25, 0.3) is 0 Å². The molecule has 3 heterocycles. The lowest BCUT2D eigenvalue weighted by Crippen LogP contribution is -1.93. The van der Waals surface area contributed by atoms with Crippen LogP contribution in [0.4, 0.5) is 0 Å². The first-order valence-corrected chi connectivity index (χ1v) is 9.52. The fraction of sp³-hybridized carbons (Fsp3) is 0.0625. The van der Waals surface area contributed by atoms with Gasteiger partial charge < -0.3 is 0 Å². The maximum absolute atomic E-state index is 11.3. The summed E-state index contributed by atoms with van der Waals surface area (Å²) < 4.78 is 31.7. The molecule has 0 aliphatic carbocycles. The molecule has 25 heavy (non-hydrogen) atoms. The molecule has 3 aromatic heterocycles. The average molecular weight is 372 g/mol. The van der Waals surface area contributed by atoms with Crippen molar-refractivity contribution in [2.45, 2.75) is 11.1 Å². The van der Waals surface area contributed by atoms with Crippen molar-refractivity contribution in [2.24, 2.45) is 0 Å². The lowest BCUT2D eigenvalue weighted by atomic mass is 10.0. The number of aryl methyl sites for hydroxylation is 1. The Balaban J connectivity index is 1.92. The van der Waals surface area contributed by atoms with Crippen LogP contribution in [0.1, 0.15) is 5.69 Å². The Hall–Kier alpha value is -2.62. The van der Waals surface area contributed by atoms with Gasteiger partial charge in [-0.3, -0.25) is 9.65 Å². The number of nitrogens with zero attached hydrogens (tertiary/aromatic N) is 3. The molecule has 0 aliphatic rings. The molecule has 0 saturated carbocycles. The molecule has 0 bridgehead atoms. The van der Waals surface area contributed by atoms with Gasteiger partial charge in [-0.1, -0.05) is 6.07 Å². The van der Waals surface area contributed by atoms with Crippen LogP contribution < -0.4 is 0 Å². The van der Waals surface area contributed by atoms with Crippen LogP contribution in [0, 0.1) is 6.92 Å². The van der Waals surface area contributed by atoms with Crippen molar-refractivity contribution >= 4 is 32.4 Å². The number of hydrogen-bond donors (Lipinski definition) is 2. The summed E-state index contributed by atoms with van der Waals surface area (Å²) in [5.41, 5.74) is 4.18. The first-order chi connectivity index (χ1) is 11.9. The third-order valence-corrected chi connectivity index (χ3v) is 6.26. The number of aromatic nitrogens is 4. The Labute approximate surface area is 147 Å². The van der Waals surface area contributed by atoms with Gasteiger partial charge in [0, 0.05) is 17.1 Å². The van der Waals surface area contributed by atoms with Gasteiger partial charge in [0.05, 0.1) is 21.8 Å². The first-order valence-electron chi connectivity index (χ1n) is 7.27. The van der Waals surface area contributed by atoms with E-state index in [2.05, 4.69) is 20.2 Å². The molecule has 0 unspecified atom stereocenters. The zero-order chi connectivity index (χ0) is 17.6. The van der Waals surface area contributed by atoms with E-state index in [1.54, 1.807) is 6.07 Å². The summed E-state index contributed by atoms with van der Waals surface area (Å²) in [5, 5.41) is 7.77. The number of fused-ring (bicyclic) bond motifs is 1. The van der Waals surface area contributed by atoms with Crippen LogP contribution in [0.5, 0.6) is 0 Å². The molecule has 4 aromatic rings. The summed E-state index contributed by atoms with van der Waals surface area (Å²) in [6, 6.07) is 8.79. The van der Waals surface area contributed by atoms with E-state index >= 15 is 0 Å². The molecule has 0 radical (unpaired) electrons. The summed E-state index contributed by atoms with van der Waals surface area (Å²) >= 11 is 0.967. The quantitative estimate of drug-likeness (QED) is 0.534. The third kappa shape index (κ3) is 2.82. The maximum atomic E-state index is 11.3. The van der Waals surface area contributed by atoms with Gasteiger partial charge >= 0.3 is 10.1 Å². The molecule has 0 aliphatic heterocycles. The Morgan fingerprint density at radius 3 is 2.68 bits per heavy atom. The van der Waals surface area contributed by atoms with Crippen molar-refractivity contribution < 1.29 is 13.0 Å². The minimum atomic E-state index is -4.23. The smallest absolute Gasteiger partial charge is 0.285 e. The van der Waals surface area contributed by atoms with E-state index in [0.29, 0.717) is 10.6 Å². The molecular weight excluding hydrogens is 360 g/mol. The molecule has 0 fully saturated rings. The molecule has 2 N–H and O–H groups in total. The molecule has 0 saturated heterocycles. The molecule has 9 heteroatoms. The number of aromatic amines is 1. The average Bonchev–Trinajstić information content (AvgIpc) is 3.22. The van der Waals surface area contributed by atoms with Crippen molar-refractivity contribution in [3.05, 3.63) is 48.5 Å². The molecule has 0 spiro atoms. The van der Waals surface area contributed by atoms with Crippen LogP contribution in [0.15, 0.2) is 47.1 Å². The van der Waals surface area contributed by atoms with E-state index in [9.17, 15) is 13.0 Å². The minimum absolute atomic E-state index is 0.115. The Bertz CT molecular complexity index is 1200. The number of thiophene rings is 1. The Morgan fingerprint density at radius 2 is 2.00 bits per heavy atom. The van der Waals surface area contributed by atoms with Crippen molar-refractivity contribution in [1.82, 2.24) is 20.2 Å².